The largest absolute Gasteiger partial charge is 0.472 e. The molecular weight excluding hydrogens is 354 g/mol. The molecule has 3 rings (SSSR count). The first kappa shape index (κ1) is 18.2. The summed E-state index contributed by atoms with van der Waals surface area (Å²) >= 11 is 0. The van der Waals surface area contributed by atoms with Gasteiger partial charge in [0.05, 0.1) is 11.8 Å². The second-order valence-electron chi connectivity index (χ2n) is 5.82. The highest BCUT2D eigenvalue weighted by molar-refractivity contribution is 6.08. The number of ether oxygens (including phenoxy) is 1. The molecule has 0 aliphatic carbocycles. The molecule has 0 saturated carbocycles. The molecule has 1 aromatic heterocycles. The Morgan fingerprint density at radius 2 is 1.96 bits per heavy atom. The molecule has 1 aliphatic heterocycles. The number of urea groups is 1. The Hall–Kier alpha value is -3.62. The lowest BCUT2D eigenvalue weighted by molar-refractivity contribution is -0.140. The third kappa shape index (κ3) is 3.39. The van der Waals surface area contributed by atoms with Gasteiger partial charge in [0.15, 0.2) is 6.61 Å². The number of carbonyl (C=O) groups excluding carboxylic acids is 4. The zero-order valence-electron chi connectivity index (χ0n) is 14.4. The van der Waals surface area contributed by atoms with E-state index in [2.05, 4.69) is 10.7 Å². The molecule has 1 saturated heterocycles. The van der Waals surface area contributed by atoms with Gasteiger partial charge in [0.2, 0.25) is 0 Å². The average Bonchev–Trinajstić information content (AvgIpc) is 3.30. The number of esters is 1. The quantitative estimate of drug-likeness (QED) is 0.584. The van der Waals surface area contributed by atoms with Gasteiger partial charge in [0.1, 0.15) is 11.8 Å². The molecule has 1 aliphatic rings. The number of nitrogens with one attached hydrogen (secondary N) is 2. The Bertz CT molecular complexity index is 864. The lowest BCUT2D eigenvalue weighted by Gasteiger charge is -2.25. The topological polar surface area (TPSA) is 118 Å². The van der Waals surface area contributed by atoms with Crippen LogP contribution in [0.25, 0.3) is 0 Å². The van der Waals surface area contributed by atoms with E-state index in [0.717, 1.165) is 0 Å². The fourth-order valence-electron chi connectivity index (χ4n) is 2.79. The maximum absolute atomic E-state index is 12.8. The Morgan fingerprint density at radius 1 is 1.22 bits per heavy atom. The molecule has 0 radical (unpaired) electrons. The van der Waals surface area contributed by atoms with Crippen LogP contribution in [0.3, 0.4) is 0 Å². The highest BCUT2D eigenvalue weighted by Crippen LogP contribution is 2.31. The van der Waals surface area contributed by atoms with Crippen LogP contribution in [0.4, 0.5) is 4.79 Å². The summed E-state index contributed by atoms with van der Waals surface area (Å²) < 4.78 is 9.56. The van der Waals surface area contributed by atoms with Crippen LogP contribution in [0.5, 0.6) is 0 Å². The SMILES string of the molecule is CCC1(c2ccccc2)NC(=O)N(NC(=O)COC(=O)c2ccoc2)C1=O. The predicted molar refractivity (Wildman–Crippen MR) is 90.9 cm³/mol. The van der Waals surface area contributed by atoms with Gasteiger partial charge in [-0.1, -0.05) is 37.3 Å². The Kier molecular flexibility index (Phi) is 4.93. The first-order chi connectivity index (χ1) is 13.0. The standard InChI is InChI=1S/C18H17N3O6/c1-2-18(13-6-4-3-5-7-13)16(24)21(17(25)19-18)20-14(22)11-27-15(23)12-8-9-26-10-12/h3-10H,2,11H2,1H3,(H,19,25)(H,20,22). The monoisotopic (exact) mass is 371 g/mol. The van der Waals surface area contributed by atoms with Crippen LogP contribution in [0.1, 0.15) is 29.3 Å². The van der Waals surface area contributed by atoms with Gasteiger partial charge in [-0.25, -0.2) is 9.59 Å². The van der Waals surface area contributed by atoms with E-state index < -0.39 is 36.0 Å². The van der Waals surface area contributed by atoms with Crippen LogP contribution in [-0.2, 0) is 19.9 Å². The molecule has 9 nitrogen and oxygen atoms in total. The van der Waals surface area contributed by atoms with E-state index in [4.69, 9.17) is 9.15 Å². The lowest BCUT2D eigenvalue weighted by Crippen LogP contribution is -2.49. The first-order valence-electron chi connectivity index (χ1n) is 8.19. The molecule has 1 atom stereocenters. The van der Waals surface area contributed by atoms with Crippen molar-refractivity contribution in [2.45, 2.75) is 18.9 Å². The fourth-order valence-corrected chi connectivity index (χ4v) is 2.79. The van der Waals surface area contributed by atoms with Crippen LogP contribution >= 0.6 is 0 Å². The maximum Gasteiger partial charge on any atom is 0.344 e. The van der Waals surface area contributed by atoms with Crippen LogP contribution in [0.15, 0.2) is 53.3 Å². The minimum absolute atomic E-state index is 0.145. The number of rotatable bonds is 6. The van der Waals surface area contributed by atoms with Crippen molar-refractivity contribution in [3.8, 4) is 0 Å². The number of nitrogens with zero attached hydrogens (tertiary/aromatic N) is 1. The highest BCUT2D eigenvalue weighted by Gasteiger charge is 2.52. The number of imide groups is 1. The van der Waals surface area contributed by atoms with E-state index >= 15 is 0 Å². The molecule has 27 heavy (non-hydrogen) atoms. The van der Waals surface area contributed by atoms with E-state index in [9.17, 15) is 19.2 Å². The van der Waals surface area contributed by atoms with Gasteiger partial charge in [-0.15, -0.1) is 0 Å². The Balaban J connectivity index is 1.66. The number of amides is 4. The number of carbonyl (C=O) groups is 4. The number of hydrogen-bond donors (Lipinski definition) is 2. The van der Waals surface area contributed by atoms with Gasteiger partial charge in [0.25, 0.3) is 11.8 Å². The van der Waals surface area contributed by atoms with Crippen molar-refractivity contribution in [3.05, 3.63) is 60.1 Å². The normalized spacial score (nSPS) is 18.9. The minimum atomic E-state index is -1.26. The molecule has 2 N–H and O–H groups in total. The summed E-state index contributed by atoms with van der Waals surface area (Å²) in [5, 5.41) is 3.23. The third-order valence-electron chi connectivity index (χ3n) is 4.22. The van der Waals surface area contributed by atoms with Crippen molar-refractivity contribution in [2.75, 3.05) is 6.61 Å². The molecule has 9 heteroatoms. The summed E-state index contributed by atoms with van der Waals surface area (Å²) in [5.74, 6) is -2.20. The van der Waals surface area contributed by atoms with Gasteiger partial charge in [-0.2, -0.15) is 5.01 Å². The molecule has 1 fully saturated rings. The summed E-state index contributed by atoms with van der Waals surface area (Å²) in [7, 11) is 0. The van der Waals surface area contributed by atoms with Crippen molar-refractivity contribution >= 4 is 23.8 Å². The number of hydrogen-bond acceptors (Lipinski definition) is 6. The zero-order chi connectivity index (χ0) is 19.4. The minimum Gasteiger partial charge on any atom is -0.472 e. The van der Waals surface area contributed by atoms with E-state index in [1.54, 1.807) is 37.3 Å². The van der Waals surface area contributed by atoms with Gasteiger partial charge in [0, 0.05) is 0 Å². The van der Waals surface area contributed by atoms with Crippen LogP contribution in [-0.4, -0.2) is 35.4 Å². The maximum atomic E-state index is 12.8. The first-order valence-corrected chi connectivity index (χ1v) is 8.19. The van der Waals surface area contributed by atoms with Gasteiger partial charge in [-0.3, -0.25) is 15.0 Å². The van der Waals surface area contributed by atoms with E-state index in [0.29, 0.717) is 17.0 Å². The van der Waals surface area contributed by atoms with Gasteiger partial charge < -0.3 is 14.5 Å². The van der Waals surface area contributed by atoms with Crippen LogP contribution < -0.4 is 10.7 Å². The van der Waals surface area contributed by atoms with E-state index in [-0.39, 0.29) is 5.56 Å². The summed E-state index contributed by atoms with van der Waals surface area (Å²) in [6.45, 7) is 1.09. The second-order valence-corrected chi connectivity index (χ2v) is 5.82. The molecule has 0 bridgehead atoms. The highest BCUT2D eigenvalue weighted by atomic mass is 16.5. The predicted octanol–water partition coefficient (Wildman–Crippen LogP) is 1.32. The number of furan rings is 1. The van der Waals surface area contributed by atoms with Crippen molar-refractivity contribution in [1.82, 2.24) is 15.8 Å². The number of benzene rings is 1. The van der Waals surface area contributed by atoms with Gasteiger partial charge in [-0.05, 0) is 18.1 Å². The summed E-state index contributed by atoms with van der Waals surface area (Å²) in [4.78, 5) is 48.8. The Labute approximate surface area is 154 Å². The van der Waals surface area contributed by atoms with Crippen LogP contribution in [0.2, 0.25) is 0 Å². The average molecular weight is 371 g/mol. The zero-order valence-corrected chi connectivity index (χ0v) is 14.4. The van der Waals surface area contributed by atoms with E-state index in [1.807, 2.05) is 0 Å². The second kappa shape index (κ2) is 7.32. The molecule has 2 heterocycles. The van der Waals surface area contributed by atoms with Gasteiger partial charge >= 0.3 is 12.0 Å². The lowest BCUT2D eigenvalue weighted by atomic mass is 9.87. The van der Waals surface area contributed by atoms with Crippen molar-refractivity contribution in [3.63, 3.8) is 0 Å². The van der Waals surface area contributed by atoms with Crippen molar-refractivity contribution < 1.29 is 28.3 Å². The Morgan fingerprint density at radius 3 is 2.59 bits per heavy atom. The van der Waals surface area contributed by atoms with Crippen LogP contribution in [0, 0.1) is 0 Å². The molecule has 140 valence electrons. The number of hydrazine groups is 1. The smallest absolute Gasteiger partial charge is 0.344 e. The molecular formula is C18H17N3O6. The summed E-state index contributed by atoms with van der Waals surface area (Å²) in [6.07, 6.45) is 2.76. The van der Waals surface area contributed by atoms with E-state index in [1.165, 1.54) is 18.6 Å². The fraction of sp³-hybridized carbons (Fsp3) is 0.222. The van der Waals surface area contributed by atoms with Crippen molar-refractivity contribution in [1.29, 1.82) is 0 Å². The van der Waals surface area contributed by atoms with Crippen molar-refractivity contribution in [2.24, 2.45) is 0 Å². The summed E-state index contributed by atoms with van der Waals surface area (Å²) in [5.41, 5.74) is 1.66. The molecule has 4 amide bonds. The molecule has 2 aromatic rings. The molecule has 1 unspecified atom stereocenters. The molecule has 1 aromatic carbocycles. The third-order valence-corrected chi connectivity index (χ3v) is 4.22. The summed E-state index contributed by atoms with van der Waals surface area (Å²) in [6, 6.07) is 9.36. The molecule has 0 spiro atoms.